The first-order valence-electron chi connectivity index (χ1n) is 10.8. The zero-order valence-electron chi connectivity index (χ0n) is 17.8. The maximum Gasteiger partial charge on any atom is 0.231 e. The molecule has 0 heterocycles. The van der Waals surface area contributed by atoms with E-state index in [1.165, 1.54) is 19.3 Å². The molecule has 0 aliphatic rings. The number of amides is 2. The van der Waals surface area contributed by atoms with E-state index < -0.39 is 0 Å². The van der Waals surface area contributed by atoms with E-state index in [1.807, 2.05) is 67.6 Å². The standard InChI is InChI=1S/C25H34N2O2/c1-3-4-5-6-13-18-26-24(28)19-21(2)20-25(29)27(22-14-9-7-10-15-22)23-16-11-8-12-17-23/h7-12,14-17,21H,3-6,13,18-20H2,1-2H3,(H,26,28)/t21-/m1/s1. The van der Waals surface area contributed by atoms with Crippen LogP contribution in [0.2, 0.25) is 0 Å². The Kier molecular flexibility index (Phi) is 9.98. The summed E-state index contributed by atoms with van der Waals surface area (Å²) in [5.74, 6) is 0.0199. The number of anilines is 2. The van der Waals surface area contributed by atoms with Gasteiger partial charge in [-0.25, -0.2) is 0 Å². The third kappa shape index (κ3) is 8.10. The lowest BCUT2D eigenvalue weighted by Gasteiger charge is -2.24. The van der Waals surface area contributed by atoms with E-state index in [2.05, 4.69) is 12.2 Å². The number of rotatable bonds is 12. The minimum Gasteiger partial charge on any atom is -0.356 e. The van der Waals surface area contributed by atoms with Crippen LogP contribution in [0.1, 0.15) is 58.8 Å². The number of nitrogens with zero attached hydrogens (tertiary/aromatic N) is 1. The lowest BCUT2D eigenvalue weighted by molar-refractivity contribution is -0.122. The Morgan fingerprint density at radius 1 is 0.828 bits per heavy atom. The third-order valence-corrected chi connectivity index (χ3v) is 4.94. The van der Waals surface area contributed by atoms with Gasteiger partial charge in [0, 0.05) is 30.8 Å². The second-order valence-corrected chi connectivity index (χ2v) is 7.68. The van der Waals surface area contributed by atoms with E-state index in [0.717, 1.165) is 30.8 Å². The largest absolute Gasteiger partial charge is 0.356 e. The summed E-state index contributed by atoms with van der Waals surface area (Å²) in [5.41, 5.74) is 1.68. The highest BCUT2D eigenvalue weighted by Crippen LogP contribution is 2.27. The molecule has 1 N–H and O–H groups in total. The Balaban J connectivity index is 1.88. The zero-order valence-corrected chi connectivity index (χ0v) is 17.8. The summed E-state index contributed by atoms with van der Waals surface area (Å²) in [6, 6.07) is 19.3. The molecule has 4 nitrogen and oxygen atoms in total. The molecule has 4 heteroatoms. The zero-order chi connectivity index (χ0) is 20.9. The molecular weight excluding hydrogens is 360 g/mol. The number of nitrogens with one attached hydrogen (secondary N) is 1. The molecular formula is C25H34N2O2. The van der Waals surface area contributed by atoms with Gasteiger partial charge in [-0.15, -0.1) is 0 Å². The van der Waals surface area contributed by atoms with Crippen molar-refractivity contribution >= 4 is 23.2 Å². The van der Waals surface area contributed by atoms with Gasteiger partial charge in [-0.05, 0) is 36.6 Å². The summed E-state index contributed by atoms with van der Waals surface area (Å²) >= 11 is 0. The van der Waals surface area contributed by atoms with Gasteiger partial charge in [0.05, 0.1) is 0 Å². The first-order valence-corrected chi connectivity index (χ1v) is 10.8. The van der Waals surface area contributed by atoms with Crippen LogP contribution in [0.25, 0.3) is 0 Å². The van der Waals surface area contributed by atoms with Crippen molar-refractivity contribution in [3.63, 3.8) is 0 Å². The number of para-hydroxylation sites is 2. The lowest BCUT2D eigenvalue weighted by atomic mass is 10.0. The van der Waals surface area contributed by atoms with Crippen molar-refractivity contribution in [3.8, 4) is 0 Å². The van der Waals surface area contributed by atoms with Crippen LogP contribution in [-0.4, -0.2) is 18.4 Å². The molecule has 2 rings (SSSR count). The fourth-order valence-electron chi connectivity index (χ4n) is 3.40. The first-order chi connectivity index (χ1) is 14.1. The predicted molar refractivity (Wildman–Crippen MR) is 120 cm³/mol. The Morgan fingerprint density at radius 3 is 1.93 bits per heavy atom. The highest BCUT2D eigenvalue weighted by molar-refractivity contribution is 6.00. The van der Waals surface area contributed by atoms with Crippen LogP contribution in [-0.2, 0) is 9.59 Å². The summed E-state index contributed by atoms with van der Waals surface area (Å²) < 4.78 is 0. The van der Waals surface area contributed by atoms with E-state index in [0.29, 0.717) is 12.8 Å². The monoisotopic (exact) mass is 394 g/mol. The van der Waals surface area contributed by atoms with E-state index in [9.17, 15) is 9.59 Å². The molecule has 0 radical (unpaired) electrons. The lowest BCUT2D eigenvalue weighted by Crippen LogP contribution is -2.30. The Hall–Kier alpha value is -2.62. The molecule has 0 aromatic heterocycles. The van der Waals surface area contributed by atoms with Gasteiger partial charge in [-0.2, -0.15) is 0 Å². The minimum absolute atomic E-state index is 0.00210. The van der Waals surface area contributed by atoms with E-state index in [-0.39, 0.29) is 17.7 Å². The number of unbranched alkanes of at least 4 members (excludes halogenated alkanes) is 4. The molecule has 0 unspecified atom stereocenters. The van der Waals surface area contributed by atoms with Crippen LogP contribution >= 0.6 is 0 Å². The van der Waals surface area contributed by atoms with Gasteiger partial charge in [-0.3, -0.25) is 14.5 Å². The second kappa shape index (κ2) is 12.8. The van der Waals surface area contributed by atoms with Crippen molar-refractivity contribution < 1.29 is 9.59 Å². The number of carbonyl (C=O) groups is 2. The molecule has 0 bridgehead atoms. The third-order valence-electron chi connectivity index (χ3n) is 4.94. The maximum atomic E-state index is 13.1. The predicted octanol–water partition coefficient (Wildman–Crippen LogP) is 5.85. The molecule has 0 spiro atoms. The number of hydrogen-bond acceptors (Lipinski definition) is 2. The fourth-order valence-corrected chi connectivity index (χ4v) is 3.40. The summed E-state index contributed by atoms with van der Waals surface area (Å²) in [5, 5.41) is 2.99. The molecule has 0 saturated heterocycles. The Morgan fingerprint density at radius 2 is 1.38 bits per heavy atom. The summed E-state index contributed by atoms with van der Waals surface area (Å²) in [4.78, 5) is 27.0. The van der Waals surface area contributed by atoms with E-state index in [4.69, 9.17) is 0 Å². The van der Waals surface area contributed by atoms with Crippen molar-refractivity contribution in [1.82, 2.24) is 5.32 Å². The number of carbonyl (C=O) groups excluding carboxylic acids is 2. The number of benzene rings is 2. The average Bonchev–Trinajstić information content (AvgIpc) is 2.72. The van der Waals surface area contributed by atoms with Crippen molar-refractivity contribution in [2.45, 2.75) is 58.8 Å². The Labute approximate surface area is 175 Å². The molecule has 0 aliphatic heterocycles. The smallest absolute Gasteiger partial charge is 0.231 e. The average molecular weight is 395 g/mol. The van der Waals surface area contributed by atoms with E-state index >= 15 is 0 Å². The van der Waals surface area contributed by atoms with Crippen molar-refractivity contribution in [2.75, 3.05) is 11.4 Å². The van der Waals surface area contributed by atoms with Gasteiger partial charge < -0.3 is 5.32 Å². The van der Waals surface area contributed by atoms with Crippen LogP contribution in [0.15, 0.2) is 60.7 Å². The maximum absolute atomic E-state index is 13.1. The second-order valence-electron chi connectivity index (χ2n) is 7.68. The molecule has 0 aliphatic carbocycles. The molecule has 2 aromatic carbocycles. The SMILES string of the molecule is CCCCCCCNC(=O)C[C@@H](C)CC(=O)N(c1ccccc1)c1ccccc1. The van der Waals surface area contributed by atoms with Gasteiger partial charge >= 0.3 is 0 Å². The fraction of sp³-hybridized carbons (Fsp3) is 0.440. The van der Waals surface area contributed by atoms with Gasteiger partial charge in [-0.1, -0.05) is 75.9 Å². The topological polar surface area (TPSA) is 49.4 Å². The first kappa shape index (κ1) is 22.7. The highest BCUT2D eigenvalue weighted by Gasteiger charge is 2.21. The van der Waals surface area contributed by atoms with Crippen LogP contribution in [0.5, 0.6) is 0 Å². The summed E-state index contributed by atoms with van der Waals surface area (Å²) in [6.07, 6.45) is 6.59. The highest BCUT2D eigenvalue weighted by atomic mass is 16.2. The normalized spacial score (nSPS) is 11.7. The summed E-state index contributed by atoms with van der Waals surface area (Å²) in [6.45, 7) is 4.89. The van der Waals surface area contributed by atoms with Gasteiger partial charge in [0.2, 0.25) is 11.8 Å². The molecule has 2 amide bonds. The number of hydrogen-bond donors (Lipinski definition) is 1. The van der Waals surface area contributed by atoms with E-state index in [1.54, 1.807) is 4.90 Å². The molecule has 0 fully saturated rings. The van der Waals surface area contributed by atoms with Crippen LogP contribution in [0, 0.1) is 5.92 Å². The van der Waals surface area contributed by atoms with Crippen LogP contribution in [0.3, 0.4) is 0 Å². The molecule has 1 atom stereocenters. The molecule has 156 valence electrons. The molecule has 29 heavy (non-hydrogen) atoms. The molecule has 2 aromatic rings. The van der Waals surface area contributed by atoms with Crippen LogP contribution in [0.4, 0.5) is 11.4 Å². The van der Waals surface area contributed by atoms with Gasteiger partial charge in [0.25, 0.3) is 0 Å². The van der Waals surface area contributed by atoms with Gasteiger partial charge in [0.1, 0.15) is 0 Å². The quantitative estimate of drug-likeness (QED) is 0.459. The minimum atomic E-state index is -0.0162. The van der Waals surface area contributed by atoms with Crippen LogP contribution < -0.4 is 10.2 Å². The van der Waals surface area contributed by atoms with Gasteiger partial charge in [0.15, 0.2) is 0 Å². The van der Waals surface area contributed by atoms with Crippen molar-refractivity contribution in [2.24, 2.45) is 5.92 Å². The Bertz CT molecular complexity index is 692. The molecule has 0 saturated carbocycles. The van der Waals surface area contributed by atoms with Crippen molar-refractivity contribution in [1.29, 1.82) is 0 Å². The summed E-state index contributed by atoms with van der Waals surface area (Å²) in [7, 11) is 0. The van der Waals surface area contributed by atoms with Crippen molar-refractivity contribution in [3.05, 3.63) is 60.7 Å².